The van der Waals surface area contributed by atoms with Gasteiger partial charge in [-0.15, -0.1) is 0 Å². The van der Waals surface area contributed by atoms with Crippen molar-refractivity contribution in [3.8, 4) is 5.75 Å². The Balaban J connectivity index is 1.67. The predicted molar refractivity (Wildman–Crippen MR) is 123 cm³/mol. The van der Waals surface area contributed by atoms with Crippen molar-refractivity contribution in [3.63, 3.8) is 0 Å². The first-order valence-corrected chi connectivity index (χ1v) is 10.8. The summed E-state index contributed by atoms with van der Waals surface area (Å²) in [5, 5.41) is 5.50. The van der Waals surface area contributed by atoms with Crippen LogP contribution in [-0.4, -0.2) is 31.0 Å². The Morgan fingerprint density at radius 1 is 0.903 bits per heavy atom. The second-order valence-electron chi connectivity index (χ2n) is 6.91. The molecule has 0 spiro atoms. The summed E-state index contributed by atoms with van der Waals surface area (Å²) in [5.74, 6) is -0.396. The minimum absolute atomic E-state index is 0.0559. The van der Waals surface area contributed by atoms with Crippen LogP contribution in [0.4, 0.5) is 11.4 Å². The lowest BCUT2D eigenvalue weighted by Crippen LogP contribution is -2.21. The van der Waals surface area contributed by atoms with E-state index >= 15 is 0 Å². The third kappa shape index (κ3) is 8.05. The van der Waals surface area contributed by atoms with Crippen molar-refractivity contribution in [2.45, 2.75) is 40.0 Å². The van der Waals surface area contributed by atoms with Gasteiger partial charge in [0, 0.05) is 28.7 Å². The topological polar surface area (TPSA) is 93.7 Å². The number of carbonyl (C=O) groups excluding carboxylic acids is 3. The average molecular weight is 491 g/mol. The van der Waals surface area contributed by atoms with Gasteiger partial charge in [0.25, 0.3) is 5.91 Å². The Morgan fingerprint density at radius 2 is 1.61 bits per heavy atom. The van der Waals surface area contributed by atoms with E-state index in [9.17, 15) is 14.4 Å². The Morgan fingerprint density at radius 3 is 2.29 bits per heavy atom. The molecular weight excluding hydrogens is 464 g/mol. The van der Waals surface area contributed by atoms with Crippen molar-refractivity contribution in [3.05, 3.63) is 52.0 Å². The van der Waals surface area contributed by atoms with Crippen LogP contribution in [0.3, 0.4) is 0 Å². The molecular formula is C23H27BrN2O5. The van der Waals surface area contributed by atoms with Gasteiger partial charge in [-0.1, -0.05) is 15.9 Å². The third-order valence-corrected chi connectivity index (χ3v) is 5.45. The number of hydrogen-bond acceptors (Lipinski definition) is 5. The average Bonchev–Trinajstić information content (AvgIpc) is 2.74. The zero-order chi connectivity index (χ0) is 22.8. The van der Waals surface area contributed by atoms with E-state index in [1.807, 2.05) is 26.8 Å². The first-order chi connectivity index (χ1) is 14.8. The molecule has 0 saturated carbocycles. The Hall–Kier alpha value is -2.87. The number of nitrogens with one attached hydrogen (secondary N) is 2. The van der Waals surface area contributed by atoms with Gasteiger partial charge < -0.3 is 20.1 Å². The first kappa shape index (κ1) is 24.4. The third-order valence-electron chi connectivity index (χ3n) is 4.59. The lowest BCUT2D eigenvalue weighted by molar-refractivity contribution is -0.147. The van der Waals surface area contributed by atoms with Gasteiger partial charge in [-0.05, 0) is 74.7 Å². The highest BCUT2D eigenvalue weighted by Gasteiger charge is 2.12. The van der Waals surface area contributed by atoms with E-state index in [0.29, 0.717) is 24.4 Å². The number of amides is 2. The molecule has 0 aliphatic carbocycles. The van der Waals surface area contributed by atoms with Crippen molar-refractivity contribution in [2.75, 3.05) is 23.8 Å². The molecule has 0 heterocycles. The number of benzene rings is 2. The molecule has 0 aliphatic heterocycles. The molecule has 2 aromatic carbocycles. The molecule has 0 aliphatic rings. The van der Waals surface area contributed by atoms with Gasteiger partial charge in [-0.25, -0.2) is 0 Å². The Kier molecular flexibility index (Phi) is 9.52. The van der Waals surface area contributed by atoms with Crippen LogP contribution in [0, 0.1) is 13.8 Å². The molecule has 0 fully saturated rings. The summed E-state index contributed by atoms with van der Waals surface area (Å²) < 4.78 is 11.3. The lowest BCUT2D eigenvalue weighted by atomic mass is 10.1. The summed E-state index contributed by atoms with van der Waals surface area (Å²) in [6, 6.07) is 10.7. The van der Waals surface area contributed by atoms with Gasteiger partial charge in [0.1, 0.15) is 5.75 Å². The fraction of sp³-hybridized carbons (Fsp3) is 0.348. The van der Waals surface area contributed by atoms with Crippen molar-refractivity contribution in [1.82, 2.24) is 0 Å². The summed E-state index contributed by atoms with van der Waals surface area (Å²) in [7, 11) is 0. The quantitative estimate of drug-likeness (QED) is 0.468. The van der Waals surface area contributed by atoms with Crippen molar-refractivity contribution >= 4 is 45.1 Å². The van der Waals surface area contributed by atoms with Crippen LogP contribution in [-0.2, 0) is 19.1 Å². The molecule has 0 atom stereocenters. The molecule has 0 radical (unpaired) electrons. The highest BCUT2D eigenvalue weighted by Crippen LogP contribution is 2.25. The van der Waals surface area contributed by atoms with Gasteiger partial charge in [-0.2, -0.15) is 0 Å². The number of ether oxygens (including phenoxy) is 2. The predicted octanol–water partition coefficient (Wildman–Crippen LogP) is 4.76. The number of carbonyl (C=O) groups is 3. The maximum absolute atomic E-state index is 12.0. The largest absolute Gasteiger partial charge is 0.494 e. The summed E-state index contributed by atoms with van der Waals surface area (Å²) in [5.41, 5.74) is 3.30. The Labute approximate surface area is 190 Å². The first-order valence-electron chi connectivity index (χ1n) is 10.0. The molecule has 8 heteroatoms. The van der Waals surface area contributed by atoms with E-state index in [1.165, 1.54) is 0 Å². The van der Waals surface area contributed by atoms with E-state index in [4.69, 9.17) is 9.47 Å². The van der Waals surface area contributed by atoms with E-state index < -0.39 is 11.9 Å². The number of anilines is 2. The molecule has 2 rings (SSSR count). The summed E-state index contributed by atoms with van der Waals surface area (Å²) in [6.07, 6.45) is 0.556. The fourth-order valence-corrected chi connectivity index (χ4v) is 3.18. The highest BCUT2D eigenvalue weighted by molar-refractivity contribution is 9.10. The normalized spacial score (nSPS) is 10.3. The monoisotopic (exact) mass is 490 g/mol. The second-order valence-corrected chi connectivity index (χ2v) is 7.77. The van der Waals surface area contributed by atoms with Gasteiger partial charge >= 0.3 is 5.97 Å². The molecule has 166 valence electrons. The minimum Gasteiger partial charge on any atom is -0.494 e. The summed E-state index contributed by atoms with van der Waals surface area (Å²) in [4.78, 5) is 35.9. The van der Waals surface area contributed by atoms with Gasteiger partial charge in [0.15, 0.2) is 6.61 Å². The molecule has 31 heavy (non-hydrogen) atoms. The van der Waals surface area contributed by atoms with Crippen LogP contribution in [0.2, 0.25) is 0 Å². The van der Waals surface area contributed by atoms with Crippen LogP contribution < -0.4 is 15.4 Å². The molecule has 2 aromatic rings. The van der Waals surface area contributed by atoms with E-state index in [1.54, 1.807) is 30.3 Å². The van der Waals surface area contributed by atoms with Crippen LogP contribution >= 0.6 is 15.9 Å². The maximum atomic E-state index is 12.0. The molecule has 2 amide bonds. The second kappa shape index (κ2) is 12.1. The van der Waals surface area contributed by atoms with Crippen molar-refractivity contribution in [2.24, 2.45) is 0 Å². The fourth-order valence-electron chi connectivity index (χ4n) is 2.75. The van der Waals surface area contributed by atoms with Crippen molar-refractivity contribution < 1.29 is 23.9 Å². The molecule has 0 bridgehead atoms. The van der Waals surface area contributed by atoms with Crippen LogP contribution in [0.25, 0.3) is 0 Å². The van der Waals surface area contributed by atoms with E-state index in [2.05, 4.69) is 26.6 Å². The summed E-state index contributed by atoms with van der Waals surface area (Å²) >= 11 is 3.44. The van der Waals surface area contributed by atoms with Crippen molar-refractivity contribution in [1.29, 1.82) is 0 Å². The van der Waals surface area contributed by atoms with Crippen LogP contribution in [0.5, 0.6) is 5.75 Å². The molecule has 0 aromatic heterocycles. The highest BCUT2D eigenvalue weighted by atomic mass is 79.9. The Bertz CT molecular complexity index is 928. The minimum atomic E-state index is -0.521. The van der Waals surface area contributed by atoms with E-state index in [0.717, 1.165) is 21.3 Å². The number of halogens is 1. The van der Waals surface area contributed by atoms with E-state index in [-0.39, 0.29) is 25.4 Å². The number of rotatable bonds is 10. The number of esters is 1. The molecule has 0 saturated heterocycles. The van der Waals surface area contributed by atoms with Crippen LogP contribution in [0.1, 0.15) is 37.3 Å². The number of hydrogen-bond donors (Lipinski definition) is 2. The zero-order valence-corrected chi connectivity index (χ0v) is 19.5. The van der Waals surface area contributed by atoms with Gasteiger partial charge in [-0.3, -0.25) is 14.4 Å². The lowest BCUT2D eigenvalue weighted by Gasteiger charge is -2.12. The standard InChI is InChI=1S/C23H27BrN2O5/c1-4-30-18-10-8-17(9-11-18)25-21(27)6-5-7-23(29)31-14-22(28)26-20-13-12-19(24)15(2)16(20)3/h8-13H,4-7,14H2,1-3H3,(H,25,27)(H,26,28). The maximum Gasteiger partial charge on any atom is 0.306 e. The smallest absolute Gasteiger partial charge is 0.306 e. The van der Waals surface area contributed by atoms with Crippen LogP contribution in [0.15, 0.2) is 40.9 Å². The van der Waals surface area contributed by atoms with Gasteiger partial charge in [0.05, 0.1) is 6.61 Å². The summed E-state index contributed by atoms with van der Waals surface area (Å²) in [6.45, 7) is 5.96. The molecule has 2 N–H and O–H groups in total. The molecule has 7 nitrogen and oxygen atoms in total. The van der Waals surface area contributed by atoms with Gasteiger partial charge in [0.2, 0.25) is 5.91 Å². The zero-order valence-electron chi connectivity index (χ0n) is 17.9. The SMILES string of the molecule is CCOc1ccc(NC(=O)CCCC(=O)OCC(=O)Nc2ccc(Br)c(C)c2C)cc1. The molecule has 0 unspecified atom stereocenters.